The zero-order valence-corrected chi connectivity index (χ0v) is 32.3. The summed E-state index contributed by atoms with van der Waals surface area (Å²) in [5, 5.41) is 16.9. The highest BCUT2D eigenvalue weighted by molar-refractivity contribution is 6.35. The van der Waals surface area contributed by atoms with E-state index in [0.29, 0.717) is 53.1 Å². The van der Waals surface area contributed by atoms with Crippen molar-refractivity contribution >= 4 is 63.3 Å². The highest BCUT2D eigenvalue weighted by Crippen LogP contribution is 2.48. The molecule has 5 aromatic rings. The maximum atomic E-state index is 15.1. The zero-order valence-electron chi connectivity index (χ0n) is 30.8. The van der Waals surface area contributed by atoms with E-state index < -0.39 is 5.97 Å². The molecule has 0 bridgehead atoms. The predicted octanol–water partition coefficient (Wildman–Crippen LogP) is 8.26. The number of nitrogens with zero attached hydrogens (tertiary/aromatic N) is 5. The van der Waals surface area contributed by atoms with Crippen LogP contribution >= 0.6 is 23.2 Å². The summed E-state index contributed by atoms with van der Waals surface area (Å²) < 4.78 is 15.9. The van der Waals surface area contributed by atoms with Gasteiger partial charge in [-0.3, -0.25) is 14.3 Å². The monoisotopic (exact) mass is 757 g/mol. The van der Waals surface area contributed by atoms with Crippen molar-refractivity contribution in [3.63, 3.8) is 0 Å². The standard InChI is InChI=1S/C40H41Cl2N5O6/c1-8-45-32(48)19-53-31-17-25(40(50)51)16-30(38(31)45)46-18-22(4)47-36-28(11-12-29(41)34(36)33-23(5)43-44(7)24(33)6)27(37(47)39(46)49)10-9-13-52-26-14-20(2)35(42)21(3)15-26/h11-12,14-17,22H,8-10,13,18-19H2,1-7H3,(H,50,51)/t22-/m1/s1. The molecule has 7 rings (SSSR count). The number of carboxylic acid groups (broad SMARTS) is 1. The van der Waals surface area contributed by atoms with E-state index in [0.717, 1.165) is 55.9 Å². The molecule has 2 aliphatic rings. The second kappa shape index (κ2) is 13.8. The Kier molecular flexibility index (Phi) is 9.44. The van der Waals surface area contributed by atoms with Crippen molar-refractivity contribution in [1.29, 1.82) is 0 Å². The van der Waals surface area contributed by atoms with Gasteiger partial charge in [-0.2, -0.15) is 5.10 Å². The second-order valence-corrected chi connectivity index (χ2v) is 14.6. The molecule has 276 valence electrons. The van der Waals surface area contributed by atoms with Gasteiger partial charge in [0.1, 0.15) is 22.9 Å². The number of benzene rings is 3. The van der Waals surface area contributed by atoms with Gasteiger partial charge >= 0.3 is 5.97 Å². The third-order valence-corrected chi connectivity index (χ3v) is 11.3. The minimum atomic E-state index is -1.17. The van der Waals surface area contributed by atoms with Crippen LogP contribution in [0.1, 0.15) is 75.2 Å². The van der Waals surface area contributed by atoms with Crippen LogP contribution < -0.4 is 19.3 Å². The van der Waals surface area contributed by atoms with Crippen molar-refractivity contribution in [3.8, 4) is 22.6 Å². The Bertz CT molecular complexity index is 2340. The molecule has 11 nitrogen and oxygen atoms in total. The molecule has 4 heterocycles. The zero-order chi connectivity index (χ0) is 38.0. The number of fused-ring (bicyclic) bond motifs is 4. The second-order valence-electron chi connectivity index (χ2n) is 13.8. The Hall–Kier alpha value is -5.00. The van der Waals surface area contributed by atoms with Gasteiger partial charge in [0.2, 0.25) is 0 Å². The van der Waals surface area contributed by atoms with Crippen molar-refractivity contribution in [1.82, 2.24) is 14.3 Å². The highest BCUT2D eigenvalue weighted by Gasteiger charge is 2.40. The van der Waals surface area contributed by atoms with Crippen LogP contribution in [0.25, 0.3) is 22.0 Å². The smallest absolute Gasteiger partial charge is 0.335 e. The van der Waals surface area contributed by atoms with Crippen LogP contribution in [-0.2, 0) is 18.3 Å². The number of carboxylic acids is 1. The van der Waals surface area contributed by atoms with E-state index in [9.17, 15) is 14.7 Å². The van der Waals surface area contributed by atoms with Gasteiger partial charge in [0, 0.05) is 53.4 Å². The quantitative estimate of drug-likeness (QED) is 0.150. The number of anilines is 2. The summed E-state index contributed by atoms with van der Waals surface area (Å²) in [5.74, 6) is -0.795. The molecule has 2 amide bonds. The average molecular weight is 759 g/mol. The van der Waals surface area contributed by atoms with Gasteiger partial charge in [0.15, 0.2) is 6.61 Å². The fourth-order valence-electron chi connectivity index (χ4n) is 7.92. The Balaban J connectivity index is 1.40. The first-order chi connectivity index (χ1) is 25.2. The van der Waals surface area contributed by atoms with Crippen LogP contribution in [0.3, 0.4) is 0 Å². The minimum absolute atomic E-state index is 0.0441. The Morgan fingerprint density at radius 1 is 1.06 bits per heavy atom. The molecule has 2 aliphatic heterocycles. The summed E-state index contributed by atoms with van der Waals surface area (Å²) in [5.41, 5.74) is 8.11. The Labute approximate surface area is 317 Å². The molecule has 3 aromatic carbocycles. The van der Waals surface area contributed by atoms with Gasteiger partial charge in [-0.15, -0.1) is 0 Å². The third-order valence-electron chi connectivity index (χ3n) is 10.4. The largest absolute Gasteiger partial charge is 0.494 e. The van der Waals surface area contributed by atoms with Crippen LogP contribution in [0.2, 0.25) is 10.0 Å². The van der Waals surface area contributed by atoms with E-state index in [-0.39, 0.29) is 42.3 Å². The van der Waals surface area contributed by atoms with E-state index in [1.807, 2.05) is 77.5 Å². The molecule has 0 saturated heterocycles. The maximum absolute atomic E-state index is 15.1. The first-order valence-electron chi connectivity index (χ1n) is 17.6. The summed E-state index contributed by atoms with van der Waals surface area (Å²) in [6, 6.07) is 10.3. The molecule has 0 saturated carbocycles. The summed E-state index contributed by atoms with van der Waals surface area (Å²) >= 11 is 13.5. The number of aryl methyl sites for hydroxylation is 5. The van der Waals surface area contributed by atoms with Gasteiger partial charge in [0.25, 0.3) is 11.8 Å². The third kappa shape index (κ3) is 5.99. The van der Waals surface area contributed by atoms with Gasteiger partial charge in [-0.25, -0.2) is 4.79 Å². The first-order valence-corrected chi connectivity index (χ1v) is 18.4. The van der Waals surface area contributed by atoms with E-state index in [4.69, 9.17) is 32.7 Å². The van der Waals surface area contributed by atoms with Crippen molar-refractivity contribution < 1.29 is 29.0 Å². The fraction of sp³-hybridized carbons (Fsp3) is 0.350. The lowest BCUT2D eigenvalue weighted by Crippen LogP contribution is -2.45. The van der Waals surface area contributed by atoms with Gasteiger partial charge in [-0.1, -0.05) is 29.3 Å². The molecule has 0 unspecified atom stereocenters. The number of halogens is 2. The Morgan fingerprint density at radius 2 is 1.77 bits per heavy atom. The van der Waals surface area contributed by atoms with Crippen LogP contribution in [0, 0.1) is 27.7 Å². The number of rotatable bonds is 9. The van der Waals surface area contributed by atoms with E-state index in [2.05, 4.69) is 9.67 Å². The topological polar surface area (TPSA) is 119 Å². The molecule has 0 aliphatic carbocycles. The maximum Gasteiger partial charge on any atom is 0.335 e. The Morgan fingerprint density at radius 3 is 2.42 bits per heavy atom. The first kappa shape index (κ1) is 36.4. The highest BCUT2D eigenvalue weighted by atomic mass is 35.5. The van der Waals surface area contributed by atoms with Crippen molar-refractivity contribution in [2.75, 3.05) is 36.1 Å². The SMILES string of the molecule is CCN1C(=O)COc2cc(C(=O)O)cc(N3C[C@@H](C)n4c(c(CCCOc5cc(C)c(Cl)c(C)c5)c5ccc(Cl)c(-c6c(C)nn(C)c6C)c54)C3=O)c21. The predicted molar refractivity (Wildman–Crippen MR) is 207 cm³/mol. The summed E-state index contributed by atoms with van der Waals surface area (Å²) in [7, 11) is 1.90. The number of carbonyl (C=O) groups is 3. The lowest BCUT2D eigenvalue weighted by molar-refractivity contribution is -0.121. The van der Waals surface area contributed by atoms with Crippen LogP contribution in [0.5, 0.6) is 11.5 Å². The van der Waals surface area contributed by atoms with Gasteiger partial charge < -0.3 is 28.9 Å². The van der Waals surface area contributed by atoms with Crippen LogP contribution in [0.4, 0.5) is 11.4 Å². The minimum Gasteiger partial charge on any atom is -0.494 e. The van der Waals surface area contributed by atoms with Crippen molar-refractivity contribution in [2.24, 2.45) is 7.05 Å². The number of aromatic carboxylic acids is 1. The number of carbonyl (C=O) groups excluding carboxylic acids is 2. The number of hydrogen-bond acceptors (Lipinski definition) is 6. The van der Waals surface area contributed by atoms with Crippen LogP contribution in [-0.4, -0.2) is 63.5 Å². The van der Waals surface area contributed by atoms with Crippen LogP contribution in [0.15, 0.2) is 36.4 Å². The summed E-state index contributed by atoms with van der Waals surface area (Å²) in [6.45, 7) is 12.4. The number of ether oxygens (including phenoxy) is 2. The van der Waals surface area contributed by atoms with Gasteiger partial charge in [-0.05, 0) is 101 Å². The summed E-state index contributed by atoms with van der Waals surface area (Å²) in [6.07, 6.45) is 1.09. The number of likely N-dealkylation sites (N-methyl/N-ethyl adjacent to an activating group) is 1. The van der Waals surface area contributed by atoms with Crippen molar-refractivity contribution in [2.45, 2.75) is 60.4 Å². The lowest BCUT2D eigenvalue weighted by Gasteiger charge is -2.38. The molecule has 53 heavy (non-hydrogen) atoms. The number of aromatic nitrogens is 3. The van der Waals surface area contributed by atoms with Crippen molar-refractivity contribution in [3.05, 3.63) is 85.8 Å². The molecular weight excluding hydrogens is 717 g/mol. The van der Waals surface area contributed by atoms with E-state index >= 15 is 4.79 Å². The van der Waals surface area contributed by atoms with E-state index in [1.165, 1.54) is 12.1 Å². The average Bonchev–Trinajstić information content (AvgIpc) is 3.58. The molecule has 2 aromatic heterocycles. The number of hydrogen-bond donors (Lipinski definition) is 1. The molecule has 0 fully saturated rings. The van der Waals surface area contributed by atoms with E-state index in [1.54, 1.807) is 9.80 Å². The molecule has 0 radical (unpaired) electrons. The molecule has 13 heteroatoms. The van der Waals surface area contributed by atoms with Gasteiger partial charge in [0.05, 0.1) is 34.1 Å². The molecule has 0 spiro atoms. The molecular formula is C40H41Cl2N5O6. The summed E-state index contributed by atoms with van der Waals surface area (Å²) in [4.78, 5) is 43.7. The fourth-order valence-corrected chi connectivity index (χ4v) is 8.27. The molecule has 1 N–H and O–H groups in total. The molecule has 1 atom stereocenters. The number of amides is 2. The lowest BCUT2D eigenvalue weighted by atomic mass is 9.98. The normalized spacial score (nSPS) is 15.5.